The van der Waals surface area contributed by atoms with Crippen LogP contribution in [0.2, 0.25) is 0 Å². The van der Waals surface area contributed by atoms with E-state index in [-0.39, 0.29) is 23.3 Å². The third-order valence-corrected chi connectivity index (χ3v) is 3.50. The van der Waals surface area contributed by atoms with Crippen LogP contribution in [0, 0.1) is 11.9 Å². The number of carbonyl (C=O) groups is 1. The Balaban J connectivity index is 2.06. The highest BCUT2D eigenvalue weighted by molar-refractivity contribution is 5.94. The number of aromatic nitrogens is 1. The second-order valence-corrected chi connectivity index (χ2v) is 4.95. The van der Waals surface area contributed by atoms with E-state index in [0.717, 1.165) is 25.3 Å². The Labute approximate surface area is 106 Å². The third-order valence-electron chi connectivity index (χ3n) is 3.50. The van der Waals surface area contributed by atoms with Gasteiger partial charge in [0, 0.05) is 17.7 Å². The van der Waals surface area contributed by atoms with E-state index >= 15 is 0 Å². The molecule has 98 valence electrons. The van der Waals surface area contributed by atoms with Gasteiger partial charge in [-0.2, -0.15) is 4.39 Å². The van der Waals surface area contributed by atoms with Crippen LogP contribution in [0.5, 0.6) is 0 Å². The van der Waals surface area contributed by atoms with Crippen molar-refractivity contribution in [1.82, 2.24) is 10.3 Å². The summed E-state index contributed by atoms with van der Waals surface area (Å²) in [6.45, 7) is 2.13. The molecule has 4 nitrogen and oxygen atoms in total. The first kappa shape index (κ1) is 12.8. The number of hydrogen-bond acceptors (Lipinski definition) is 3. The zero-order chi connectivity index (χ0) is 13.1. The molecule has 0 aliphatic heterocycles. The van der Waals surface area contributed by atoms with Crippen molar-refractivity contribution in [1.29, 1.82) is 0 Å². The molecule has 5 heteroatoms. The highest BCUT2D eigenvalue weighted by atomic mass is 19.1. The SMILES string of the molecule is CC1CCCCC1NC(=O)c1cc(N)nc(F)c1. The van der Waals surface area contributed by atoms with Crippen LogP contribution in [0.15, 0.2) is 12.1 Å². The molecule has 1 heterocycles. The molecule has 0 saturated heterocycles. The fraction of sp³-hybridized carbons (Fsp3) is 0.538. The highest BCUT2D eigenvalue weighted by Crippen LogP contribution is 2.24. The van der Waals surface area contributed by atoms with E-state index in [2.05, 4.69) is 17.2 Å². The summed E-state index contributed by atoms with van der Waals surface area (Å²) in [5.41, 5.74) is 5.66. The summed E-state index contributed by atoms with van der Waals surface area (Å²) >= 11 is 0. The number of anilines is 1. The molecular weight excluding hydrogens is 233 g/mol. The lowest BCUT2D eigenvalue weighted by molar-refractivity contribution is 0.0909. The maximum absolute atomic E-state index is 13.1. The van der Waals surface area contributed by atoms with Gasteiger partial charge in [0.05, 0.1) is 0 Å². The molecule has 0 aromatic carbocycles. The molecule has 3 N–H and O–H groups in total. The van der Waals surface area contributed by atoms with Crippen LogP contribution in [-0.2, 0) is 0 Å². The van der Waals surface area contributed by atoms with E-state index in [9.17, 15) is 9.18 Å². The molecular formula is C13H18FN3O. The van der Waals surface area contributed by atoms with E-state index in [0.29, 0.717) is 5.92 Å². The normalized spacial score (nSPS) is 23.7. The third kappa shape index (κ3) is 2.97. The molecule has 2 rings (SSSR count). The van der Waals surface area contributed by atoms with Gasteiger partial charge in [0.1, 0.15) is 5.82 Å². The summed E-state index contributed by atoms with van der Waals surface area (Å²) in [5, 5.41) is 2.95. The first-order valence-electron chi connectivity index (χ1n) is 6.30. The van der Waals surface area contributed by atoms with Gasteiger partial charge in [-0.05, 0) is 24.8 Å². The number of amides is 1. The molecule has 0 spiro atoms. The summed E-state index contributed by atoms with van der Waals surface area (Å²) < 4.78 is 13.1. The van der Waals surface area contributed by atoms with Gasteiger partial charge in [0.25, 0.3) is 5.91 Å². The van der Waals surface area contributed by atoms with Crippen molar-refractivity contribution in [3.8, 4) is 0 Å². The topological polar surface area (TPSA) is 68.0 Å². The smallest absolute Gasteiger partial charge is 0.251 e. The first-order chi connectivity index (χ1) is 8.56. The average molecular weight is 251 g/mol. The van der Waals surface area contributed by atoms with Gasteiger partial charge in [-0.25, -0.2) is 4.98 Å². The van der Waals surface area contributed by atoms with Crippen LogP contribution in [0.1, 0.15) is 43.0 Å². The number of nitrogen functional groups attached to an aromatic ring is 1. The van der Waals surface area contributed by atoms with E-state index < -0.39 is 5.95 Å². The number of nitrogens with two attached hydrogens (primary N) is 1. The highest BCUT2D eigenvalue weighted by Gasteiger charge is 2.23. The zero-order valence-electron chi connectivity index (χ0n) is 10.4. The lowest BCUT2D eigenvalue weighted by Gasteiger charge is -2.29. The van der Waals surface area contributed by atoms with Gasteiger partial charge in [0.2, 0.25) is 5.95 Å². The van der Waals surface area contributed by atoms with Crippen LogP contribution < -0.4 is 11.1 Å². The van der Waals surface area contributed by atoms with Crippen LogP contribution in [-0.4, -0.2) is 16.9 Å². The first-order valence-corrected chi connectivity index (χ1v) is 6.30. The quantitative estimate of drug-likeness (QED) is 0.791. The van der Waals surface area contributed by atoms with Crippen molar-refractivity contribution in [2.24, 2.45) is 5.92 Å². The van der Waals surface area contributed by atoms with Crippen LogP contribution in [0.3, 0.4) is 0 Å². The molecule has 2 unspecified atom stereocenters. The Hall–Kier alpha value is -1.65. The minimum atomic E-state index is -0.725. The van der Waals surface area contributed by atoms with Crippen molar-refractivity contribution in [2.75, 3.05) is 5.73 Å². The number of hydrogen-bond donors (Lipinski definition) is 2. The van der Waals surface area contributed by atoms with Crippen LogP contribution >= 0.6 is 0 Å². The molecule has 1 saturated carbocycles. The maximum Gasteiger partial charge on any atom is 0.251 e. The summed E-state index contributed by atoms with van der Waals surface area (Å²) in [5.74, 6) is -0.512. The Bertz CT molecular complexity index is 430. The monoisotopic (exact) mass is 251 g/mol. The molecule has 1 aliphatic rings. The average Bonchev–Trinajstić information content (AvgIpc) is 2.31. The van der Waals surface area contributed by atoms with E-state index in [4.69, 9.17) is 5.73 Å². The summed E-state index contributed by atoms with van der Waals surface area (Å²) in [6.07, 6.45) is 4.44. The lowest BCUT2D eigenvalue weighted by Crippen LogP contribution is -2.41. The molecule has 1 fully saturated rings. The zero-order valence-corrected chi connectivity index (χ0v) is 10.4. The molecule has 1 aromatic heterocycles. The standard InChI is InChI=1S/C13H18FN3O/c1-8-4-2-3-5-10(8)16-13(18)9-6-11(14)17-12(15)7-9/h6-8,10H,2-5H2,1H3,(H2,15,17)(H,16,18). The Morgan fingerprint density at radius 2 is 2.17 bits per heavy atom. The van der Waals surface area contributed by atoms with Gasteiger partial charge in [-0.15, -0.1) is 0 Å². The Kier molecular flexibility index (Phi) is 3.79. The van der Waals surface area contributed by atoms with Gasteiger partial charge in [-0.1, -0.05) is 19.8 Å². The molecule has 0 bridgehead atoms. The summed E-state index contributed by atoms with van der Waals surface area (Å²) in [6, 6.07) is 2.68. The fourth-order valence-corrected chi connectivity index (χ4v) is 2.43. The number of nitrogens with one attached hydrogen (secondary N) is 1. The van der Waals surface area contributed by atoms with E-state index in [1.54, 1.807) is 0 Å². The number of pyridine rings is 1. The van der Waals surface area contributed by atoms with E-state index in [1.165, 1.54) is 12.5 Å². The van der Waals surface area contributed by atoms with E-state index in [1.807, 2.05) is 0 Å². The number of halogens is 1. The molecule has 1 aliphatic carbocycles. The van der Waals surface area contributed by atoms with Gasteiger partial charge in [-0.3, -0.25) is 4.79 Å². The van der Waals surface area contributed by atoms with Crippen LogP contribution in [0.25, 0.3) is 0 Å². The van der Waals surface area contributed by atoms with Crippen molar-refractivity contribution in [2.45, 2.75) is 38.6 Å². The Morgan fingerprint density at radius 3 is 2.83 bits per heavy atom. The van der Waals surface area contributed by atoms with Gasteiger partial charge in [0.15, 0.2) is 0 Å². The van der Waals surface area contributed by atoms with Crippen molar-refractivity contribution in [3.63, 3.8) is 0 Å². The summed E-state index contributed by atoms with van der Waals surface area (Å²) in [7, 11) is 0. The Morgan fingerprint density at radius 1 is 1.44 bits per heavy atom. The van der Waals surface area contributed by atoms with Crippen LogP contribution in [0.4, 0.5) is 10.2 Å². The molecule has 1 aromatic rings. The maximum atomic E-state index is 13.1. The minimum Gasteiger partial charge on any atom is -0.384 e. The molecule has 1 amide bonds. The second kappa shape index (κ2) is 5.33. The van der Waals surface area contributed by atoms with Crippen molar-refractivity contribution >= 4 is 11.7 Å². The largest absolute Gasteiger partial charge is 0.384 e. The fourth-order valence-electron chi connectivity index (χ4n) is 2.43. The van der Waals surface area contributed by atoms with Gasteiger partial charge < -0.3 is 11.1 Å². The van der Waals surface area contributed by atoms with Gasteiger partial charge >= 0.3 is 0 Å². The molecule has 18 heavy (non-hydrogen) atoms. The second-order valence-electron chi connectivity index (χ2n) is 4.95. The molecule has 2 atom stereocenters. The number of carbonyl (C=O) groups excluding carboxylic acids is 1. The minimum absolute atomic E-state index is 0.0249. The number of rotatable bonds is 2. The predicted molar refractivity (Wildman–Crippen MR) is 67.5 cm³/mol. The number of nitrogens with zero attached hydrogens (tertiary/aromatic N) is 1. The molecule has 0 radical (unpaired) electrons. The van der Waals surface area contributed by atoms with Crippen molar-refractivity contribution in [3.05, 3.63) is 23.6 Å². The predicted octanol–water partition coefficient (Wildman–Crippen LogP) is 2.11. The van der Waals surface area contributed by atoms with Crippen molar-refractivity contribution < 1.29 is 9.18 Å². The summed E-state index contributed by atoms with van der Waals surface area (Å²) in [4.78, 5) is 15.4. The lowest BCUT2D eigenvalue weighted by atomic mass is 9.86.